The highest BCUT2D eigenvalue weighted by atomic mass is 32.1. The SMILES string of the molecule is CN(C(N)=O)c1cccc(C(N)=S)c1. The average molecular weight is 209 g/mol. The van der Waals surface area contributed by atoms with E-state index in [-0.39, 0.29) is 0 Å². The molecule has 0 saturated carbocycles. The summed E-state index contributed by atoms with van der Waals surface area (Å²) in [6, 6.07) is 6.49. The summed E-state index contributed by atoms with van der Waals surface area (Å²) in [6.45, 7) is 0. The topological polar surface area (TPSA) is 72.3 Å². The molecule has 0 aliphatic carbocycles. The van der Waals surface area contributed by atoms with Crippen molar-refractivity contribution >= 4 is 28.9 Å². The Balaban J connectivity index is 3.05. The highest BCUT2D eigenvalue weighted by molar-refractivity contribution is 7.80. The van der Waals surface area contributed by atoms with E-state index in [0.717, 1.165) is 0 Å². The number of anilines is 1. The molecule has 0 aliphatic heterocycles. The first kappa shape index (κ1) is 10.5. The van der Waals surface area contributed by atoms with Gasteiger partial charge in [0.05, 0.1) is 0 Å². The molecule has 74 valence electrons. The van der Waals surface area contributed by atoms with Crippen LogP contribution in [0.2, 0.25) is 0 Å². The molecule has 1 aromatic rings. The predicted octanol–water partition coefficient (Wildman–Crippen LogP) is 0.836. The van der Waals surface area contributed by atoms with Gasteiger partial charge in [0, 0.05) is 18.3 Å². The summed E-state index contributed by atoms with van der Waals surface area (Å²) in [5, 5.41) is 0. The van der Waals surface area contributed by atoms with Gasteiger partial charge in [-0.15, -0.1) is 0 Å². The Morgan fingerprint density at radius 2 is 2.07 bits per heavy atom. The third kappa shape index (κ3) is 2.20. The standard InChI is InChI=1S/C9H11N3OS/c1-12(9(11)13)7-4-2-3-6(5-7)8(10)14/h2-5H,1H3,(H2,10,14)(H2,11,13). The Labute approximate surface area is 87.5 Å². The van der Waals surface area contributed by atoms with Crippen molar-refractivity contribution < 1.29 is 4.79 Å². The molecule has 1 aromatic carbocycles. The zero-order valence-electron chi connectivity index (χ0n) is 7.73. The van der Waals surface area contributed by atoms with Gasteiger partial charge >= 0.3 is 6.03 Å². The molecular weight excluding hydrogens is 198 g/mol. The van der Waals surface area contributed by atoms with Gasteiger partial charge in [0.15, 0.2) is 0 Å². The van der Waals surface area contributed by atoms with Gasteiger partial charge in [-0.25, -0.2) is 4.79 Å². The monoisotopic (exact) mass is 209 g/mol. The van der Waals surface area contributed by atoms with Gasteiger partial charge in [-0.05, 0) is 12.1 Å². The Bertz CT molecular complexity index is 378. The van der Waals surface area contributed by atoms with Gasteiger partial charge in [-0.1, -0.05) is 24.4 Å². The number of nitrogens with two attached hydrogens (primary N) is 2. The maximum atomic E-state index is 10.9. The summed E-state index contributed by atoms with van der Waals surface area (Å²) in [5.41, 5.74) is 12.0. The fourth-order valence-corrected chi connectivity index (χ4v) is 1.12. The lowest BCUT2D eigenvalue weighted by molar-refractivity contribution is 0.255. The number of hydrogen-bond acceptors (Lipinski definition) is 2. The van der Waals surface area contributed by atoms with E-state index in [1.54, 1.807) is 31.3 Å². The summed E-state index contributed by atoms with van der Waals surface area (Å²) < 4.78 is 0. The smallest absolute Gasteiger partial charge is 0.318 e. The van der Waals surface area contributed by atoms with Crippen LogP contribution in [0.3, 0.4) is 0 Å². The molecule has 2 amide bonds. The second-order valence-electron chi connectivity index (χ2n) is 2.81. The van der Waals surface area contributed by atoms with Crippen LogP contribution in [0.1, 0.15) is 5.56 Å². The first-order valence-corrected chi connectivity index (χ1v) is 4.36. The van der Waals surface area contributed by atoms with E-state index in [9.17, 15) is 4.79 Å². The molecule has 0 heterocycles. The van der Waals surface area contributed by atoms with E-state index >= 15 is 0 Å². The molecular formula is C9H11N3OS. The number of nitrogens with zero attached hydrogens (tertiary/aromatic N) is 1. The molecule has 4 N–H and O–H groups in total. The highest BCUT2D eigenvalue weighted by Gasteiger charge is 2.06. The van der Waals surface area contributed by atoms with Crippen molar-refractivity contribution in [3.8, 4) is 0 Å². The lowest BCUT2D eigenvalue weighted by atomic mass is 10.2. The highest BCUT2D eigenvalue weighted by Crippen LogP contribution is 2.14. The maximum absolute atomic E-state index is 10.9. The fraction of sp³-hybridized carbons (Fsp3) is 0.111. The summed E-state index contributed by atoms with van der Waals surface area (Å²) >= 11 is 4.82. The van der Waals surface area contributed by atoms with Crippen molar-refractivity contribution in [2.75, 3.05) is 11.9 Å². The number of urea groups is 1. The second kappa shape index (κ2) is 4.06. The molecule has 0 aliphatic rings. The van der Waals surface area contributed by atoms with Crippen molar-refractivity contribution in [1.82, 2.24) is 0 Å². The average Bonchev–Trinajstić information content (AvgIpc) is 2.16. The van der Waals surface area contributed by atoms with Crippen LogP contribution in [-0.4, -0.2) is 18.1 Å². The van der Waals surface area contributed by atoms with E-state index in [2.05, 4.69) is 0 Å². The Morgan fingerprint density at radius 1 is 1.43 bits per heavy atom. The van der Waals surface area contributed by atoms with E-state index in [1.165, 1.54) is 4.90 Å². The van der Waals surface area contributed by atoms with E-state index < -0.39 is 6.03 Å². The Kier molecular flexibility index (Phi) is 3.03. The van der Waals surface area contributed by atoms with Gasteiger partial charge in [0.25, 0.3) is 0 Å². The van der Waals surface area contributed by atoms with Crippen LogP contribution in [0.5, 0.6) is 0 Å². The van der Waals surface area contributed by atoms with E-state index in [0.29, 0.717) is 16.2 Å². The van der Waals surface area contributed by atoms with Gasteiger partial charge in [0.1, 0.15) is 4.99 Å². The number of benzene rings is 1. The summed E-state index contributed by atoms with van der Waals surface area (Å²) in [5.74, 6) is 0. The maximum Gasteiger partial charge on any atom is 0.318 e. The van der Waals surface area contributed by atoms with Crippen LogP contribution < -0.4 is 16.4 Å². The van der Waals surface area contributed by atoms with Crippen LogP contribution in [-0.2, 0) is 0 Å². The minimum Gasteiger partial charge on any atom is -0.389 e. The van der Waals surface area contributed by atoms with Crippen molar-refractivity contribution in [1.29, 1.82) is 0 Å². The summed E-state index contributed by atoms with van der Waals surface area (Å²) in [4.78, 5) is 12.5. The van der Waals surface area contributed by atoms with Crippen LogP contribution in [0.15, 0.2) is 24.3 Å². The zero-order chi connectivity index (χ0) is 10.7. The number of thiocarbonyl (C=S) groups is 1. The van der Waals surface area contributed by atoms with Crippen molar-refractivity contribution in [3.05, 3.63) is 29.8 Å². The van der Waals surface area contributed by atoms with Crippen LogP contribution in [0.4, 0.5) is 10.5 Å². The number of carbonyl (C=O) groups excluding carboxylic acids is 1. The van der Waals surface area contributed by atoms with Crippen LogP contribution in [0, 0.1) is 0 Å². The molecule has 0 fully saturated rings. The molecule has 0 bridgehead atoms. The fourth-order valence-electron chi connectivity index (χ4n) is 0.995. The van der Waals surface area contributed by atoms with E-state index in [1.807, 2.05) is 0 Å². The Morgan fingerprint density at radius 3 is 2.57 bits per heavy atom. The van der Waals surface area contributed by atoms with Crippen LogP contribution in [0.25, 0.3) is 0 Å². The van der Waals surface area contributed by atoms with Gasteiger partial charge in [-0.3, -0.25) is 4.90 Å². The molecule has 0 atom stereocenters. The molecule has 0 radical (unpaired) electrons. The molecule has 4 nitrogen and oxygen atoms in total. The summed E-state index contributed by atoms with van der Waals surface area (Å²) in [6.07, 6.45) is 0. The molecule has 1 rings (SSSR count). The molecule has 5 heteroatoms. The minimum absolute atomic E-state index is 0.296. The number of rotatable bonds is 2. The van der Waals surface area contributed by atoms with Gasteiger partial charge in [-0.2, -0.15) is 0 Å². The Hall–Kier alpha value is -1.62. The first-order chi connectivity index (χ1) is 6.52. The number of hydrogen-bond donors (Lipinski definition) is 2. The third-order valence-corrected chi connectivity index (χ3v) is 2.08. The molecule has 14 heavy (non-hydrogen) atoms. The number of amides is 2. The molecule has 0 spiro atoms. The largest absolute Gasteiger partial charge is 0.389 e. The lowest BCUT2D eigenvalue weighted by Crippen LogP contribution is -2.31. The molecule has 0 saturated heterocycles. The molecule has 0 aromatic heterocycles. The predicted molar refractivity (Wildman–Crippen MR) is 60.3 cm³/mol. The summed E-state index contributed by atoms with van der Waals surface area (Å²) in [7, 11) is 1.58. The van der Waals surface area contributed by atoms with Crippen LogP contribution >= 0.6 is 12.2 Å². The quantitative estimate of drug-likeness (QED) is 0.709. The third-order valence-electron chi connectivity index (χ3n) is 1.85. The van der Waals surface area contributed by atoms with Crippen molar-refractivity contribution in [2.24, 2.45) is 11.5 Å². The number of primary amides is 1. The minimum atomic E-state index is -0.523. The second-order valence-corrected chi connectivity index (χ2v) is 3.25. The van der Waals surface area contributed by atoms with Gasteiger partial charge < -0.3 is 11.5 Å². The zero-order valence-corrected chi connectivity index (χ0v) is 8.54. The number of carbonyl (C=O) groups is 1. The normalized spacial score (nSPS) is 9.50. The van der Waals surface area contributed by atoms with Crippen molar-refractivity contribution in [3.63, 3.8) is 0 Å². The lowest BCUT2D eigenvalue weighted by Gasteiger charge is -2.14. The van der Waals surface area contributed by atoms with Gasteiger partial charge in [0.2, 0.25) is 0 Å². The van der Waals surface area contributed by atoms with Crippen molar-refractivity contribution in [2.45, 2.75) is 0 Å². The molecule has 0 unspecified atom stereocenters. The first-order valence-electron chi connectivity index (χ1n) is 3.95. The van der Waals surface area contributed by atoms with E-state index in [4.69, 9.17) is 23.7 Å².